The lowest BCUT2D eigenvalue weighted by Crippen LogP contribution is -2.36. The number of aryl methyl sites for hydroxylation is 1. The van der Waals surface area contributed by atoms with E-state index in [1.54, 1.807) is 21.6 Å². The average Bonchev–Trinajstić information content (AvgIpc) is 3.03. The van der Waals surface area contributed by atoms with Crippen LogP contribution in [-0.2, 0) is 4.79 Å². The molecule has 31 heavy (non-hydrogen) atoms. The maximum atomic E-state index is 13.5. The fraction of sp³-hybridized carbons (Fsp3) is 0.478. The average molecular weight is 457 g/mol. The number of carbonyl (C=O) groups is 1. The highest BCUT2D eigenvalue weighted by Gasteiger charge is 2.35. The molecule has 2 aliphatic heterocycles. The minimum atomic E-state index is -0.156. The second-order valence-corrected chi connectivity index (χ2v) is 10.2. The largest absolute Gasteiger partial charge is 0.356 e. The Morgan fingerprint density at radius 3 is 2.71 bits per heavy atom. The van der Waals surface area contributed by atoms with E-state index in [1.807, 2.05) is 32.9 Å². The number of anilines is 1. The fourth-order valence-electron chi connectivity index (χ4n) is 4.06. The molecule has 0 aromatic carbocycles. The van der Waals surface area contributed by atoms with Crippen molar-refractivity contribution in [1.29, 1.82) is 0 Å². The molecule has 8 heteroatoms. The van der Waals surface area contributed by atoms with Crippen LogP contribution in [0.3, 0.4) is 0 Å². The molecule has 1 atom stereocenters. The summed E-state index contributed by atoms with van der Waals surface area (Å²) < 4.78 is 2.12. The van der Waals surface area contributed by atoms with Crippen molar-refractivity contribution < 1.29 is 4.79 Å². The van der Waals surface area contributed by atoms with Gasteiger partial charge in [-0.3, -0.25) is 18.9 Å². The minimum absolute atomic E-state index is 0.0277. The van der Waals surface area contributed by atoms with Gasteiger partial charge in [-0.1, -0.05) is 43.9 Å². The number of rotatable bonds is 4. The molecule has 6 nitrogen and oxygen atoms in total. The molecule has 164 valence electrons. The molecule has 0 spiro atoms. The van der Waals surface area contributed by atoms with Gasteiger partial charge in [0.15, 0.2) is 0 Å². The van der Waals surface area contributed by atoms with Gasteiger partial charge >= 0.3 is 0 Å². The molecular formula is C23H28N4O2S2. The third-order valence-electron chi connectivity index (χ3n) is 6.28. The van der Waals surface area contributed by atoms with Gasteiger partial charge in [-0.25, -0.2) is 4.98 Å². The molecule has 4 heterocycles. The van der Waals surface area contributed by atoms with Crippen LogP contribution in [0.1, 0.15) is 51.2 Å². The maximum Gasteiger partial charge on any atom is 0.267 e. The molecule has 0 aliphatic carbocycles. The van der Waals surface area contributed by atoms with Crippen molar-refractivity contribution in [3.05, 3.63) is 44.7 Å². The van der Waals surface area contributed by atoms with Gasteiger partial charge in [0.2, 0.25) is 0 Å². The standard InChI is InChI=1S/C23H28N4O2S2/c1-5-16(4)27-22(29)18(31-23(27)30)13-17-20(25-11-8-14(2)9-12-25)24-19-15(3)7-6-10-26(19)21(17)28/h6-7,10,13-14,16H,5,8-9,11-12H2,1-4H3/b18-13+. The summed E-state index contributed by atoms with van der Waals surface area (Å²) in [5, 5.41) is 0. The van der Waals surface area contributed by atoms with Crippen LogP contribution in [0.2, 0.25) is 0 Å². The van der Waals surface area contributed by atoms with E-state index < -0.39 is 0 Å². The van der Waals surface area contributed by atoms with Crippen LogP contribution < -0.4 is 10.5 Å². The summed E-state index contributed by atoms with van der Waals surface area (Å²) in [5.74, 6) is 1.20. The van der Waals surface area contributed by atoms with Crippen LogP contribution in [0.5, 0.6) is 0 Å². The van der Waals surface area contributed by atoms with Crippen molar-refractivity contribution in [2.75, 3.05) is 18.0 Å². The third kappa shape index (κ3) is 4.03. The highest BCUT2D eigenvalue weighted by atomic mass is 32.2. The lowest BCUT2D eigenvalue weighted by molar-refractivity contribution is -0.123. The summed E-state index contributed by atoms with van der Waals surface area (Å²) >= 11 is 6.74. The Morgan fingerprint density at radius 1 is 1.32 bits per heavy atom. The Kier molecular flexibility index (Phi) is 6.21. The fourth-order valence-corrected chi connectivity index (χ4v) is 5.51. The van der Waals surface area contributed by atoms with Crippen LogP contribution in [0, 0.1) is 12.8 Å². The summed E-state index contributed by atoms with van der Waals surface area (Å²) in [6.45, 7) is 9.94. The SMILES string of the molecule is CCC(C)N1C(=O)/C(=C\c2c(N3CCC(C)CC3)nc3c(C)cccn3c2=O)SC1=S. The second-order valence-electron chi connectivity index (χ2n) is 8.52. The number of carbonyl (C=O) groups excluding carboxylic acids is 1. The van der Waals surface area contributed by atoms with Crippen LogP contribution in [0.25, 0.3) is 11.7 Å². The summed E-state index contributed by atoms with van der Waals surface area (Å²) in [7, 11) is 0. The number of amides is 1. The number of nitrogens with zero attached hydrogens (tertiary/aromatic N) is 4. The first-order chi connectivity index (χ1) is 14.8. The van der Waals surface area contributed by atoms with E-state index in [9.17, 15) is 9.59 Å². The predicted octanol–water partition coefficient (Wildman–Crippen LogP) is 4.24. The Bertz CT molecular complexity index is 1130. The number of hydrogen-bond donors (Lipinski definition) is 0. The van der Waals surface area contributed by atoms with Crippen molar-refractivity contribution in [1.82, 2.24) is 14.3 Å². The Balaban J connectivity index is 1.87. The van der Waals surface area contributed by atoms with Crippen molar-refractivity contribution in [3.8, 4) is 0 Å². The van der Waals surface area contributed by atoms with E-state index >= 15 is 0 Å². The molecule has 0 N–H and O–H groups in total. The zero-order valence-electron chi connectivity index (χ0n) is 18.4. The van der Waals surface area contributed by atoms with E-state index in [0.29, 0.717) is 32.2 Å². The zero-order chi connectivity index (χ0) is 22.3. The van der Waals surface area contributed by atoms with Gasteiger partial charge in [0.05, 0.1) is 10.5 Å². The minimum Gasteiger partial charge on any atom is -0.356 e. The molecule has 0 radical (unpaired) electrons. The number of thioether (sulfide) groups is 1. The third-order valence-corrected chi connectivity index (χ3v) is 7.61. The van der Waals surface area contributed by atoms with Crippen LogP contribution in [0.15, 0.2) is 28.0 Å². The smallest absolute Gasteiger partial charge is 0.267 e. The molecule has 2 aromatic heterocycles. The molecule has 2 fully saturated rings. The van der Waals surface area contributed by atoms with Crippen LogP contribution in [0.4, 0.5) is 5.82 Å². The second kappa shape index (κ2) is 8.74. The lowest BCUT2D eigenvalue weighted by atomic mass is 9.99. The summed E-state index contributed by atoms with van der Waals surface area (Å²) in [5.41, 5.74) is 1.91. The van der Waals surface area contributed by atoms with Crippen molar-refractivity contribution in [2.24, 2.45) is 5.92 Å². The normalized spacial score (nSPS) is 20.3. The first kappa shape index (κ1) is 22.0. The van der Waals surface area contributed by atoms with Crippen molar-refractivity contribution in [2.45, 2.75) is 53.0 Å². The molecule has 2 saturated heterocycles. The zero-order valence-corrected chi connectivity index (χ0v) is 20.1. The Labute approximate surface area is 192 Å². The monoisotopic (exact) mass is 456 g/mol. The quantitative estimate of drug-likeness (QED) is 0.507. The number of pyridine rings is 1. The molecular weight excluding hydrogens is 428 g/mol. The van der Waals surface area contributed by atoms with Gasteiger partial charge in [0.25, 0.3) is 11.5 Å². The number of hydrogen-bond acceptors (Lipinski definition) is 6. The summed E-state index contributed by atoms with van der Waals surface area (Å²) in [6.07, 6.45) is 6.38. The van der Waals surface area contributed by atoms with E-state index in [0.717, 1.165) is 37.9 Å². The molecule has 2 aromatic rings. The van der Waals surface area contributed by atoms with Gasteiger partial charge < -0.3 is 4.90 Å². The molecule has 2 aliphatic rings. The predicted molar refractivity (Wildman–Crippen MR) is 132 cm³/mol. The lowest BCUT2D eigenvalue weighted by Gasteiger charge is -2.32. The van der Waals surface area contributed by atoms with Gasteiger partial charge in [-0.05, 0) is 56.7 Å². The molecule has 4 rings (SSSR count). The van der Waals surface area contributed by atoms with Crippen molar-refractivity contribution in [3.63, 3.8) is 0 Å². The van der Waals surface area contributed by atoms with Gasteiger partial charge in [-0.15, -0.1) is 0 Å². The maximum absolute atomic E-state index is 13.5. The number of thiocarbonyl (C=S) groups is 1. The molecule has 0 bridgehead atoms. The Morgan fingerprint density at radius 2 is 2.03 bits per heavy atom. The first-order valence-corrected chi connectivity index (χ1v) is 12.1. The highest BCUT2D eigenvalue weighted by Crippen LogP contribution is 2.35. The molecule has 0 saturated carbocycles. The van der Waals surface area contributed by atoms with E-state index in [2.05, 4.69) is 11.8 Å². The molecule has 1 amide bonds. The van der Waals surface area contributed by atoms with E-state index in [4.69, 9.17) is 17.2 Å². The number of piperidine rings is 1. The van der Waals surface area contributed by atoms with Crippen LogP contribution in [-0.4, -0.2) is 43.6 Å². The van der Waals surface area contributed by atoms with E-state index in [1.165, 1.54) is 11.8 Å². The van der Waals surface area contributed by atoms with Gasteiger partial charge in [0, 0.05) is 25.3 Å². The summed E-state index contributed by atoms with van der Waals surface area (Å²) in [4.78, 5) is 35.9. The number of aromatic nitrogens is 2. The van der Waals surface area contributed by atoms with Crippen molar-refractivity contribution >= 4 is 51.7 Å². The summed E-state index contributed by atoms with van der Waals surface area (Å²) in [6, 6.07) is 3.83. The molecule has 1 unspecified atom stereocenters. The van der Waals surface area contributed by atoms with Gasteiger partial charge in [-0.2, -0.15) is 0 Å². The number of fused-ring (bicyclic) bond motifs is 1. The first-order valence-electron chi connectivity index (χ1n) is 10.9. The highest BCUT2D eigenvalue weighted by molar-refractivity contribution is 8.26. The van der Waals surface area contributed by atoms with Gasteiger partial charge in [0.1, 0.15) is 15.8 Å². The van der Waals surface area contributed by atoms with E-state index in [-0.39, 0.29) is 17.5 Å². The van der Waals surface area contributed by atoms with Crippen LogP contribution >= 0.6 is 24.0 Å². The topological polar surface area (TPSA) is 57.9 Å². The Hall–Kier alpha value is -2.19.